The van der Waals surface area contributed by atoms with E-state index in [1.807, 2.05) is 42.5 Å². The molecule has 0 aliphatic rings. The number of hydrogen-bond donors (Lipinski definition) is 3. The quantitative estimate of drug-likeness (QED) is 0.509. The van der Waals surface area contributed by atoms with Gasteiger partial charge in [0, 0.05) is 16.5 Å². The number of rotatable bonds is 3. The number of aliphatic hydroxyl groups excluding tert-OH is 1. The van der Waals surface area contributed by atoms with Crippen molar-refractivity contribution in [2.45, 2.75) is 6.92 Å². The maximum Gasteiger partial charge on any atom is 0.134 e. The molecule has 3 rings (SSSR count). The van der Waals surface area contributed by atoms with Crippen molar-refractivity contribution in [2.75, 3.05) is 5.73 Å². The second kappa shape index (κ2) is 5.88. The van der Waals surface area contributed by atoms with Gasteiger partial charge in [-0.05, 0) is 24.6 Å². The lowest BCUT2D eigenvalue weighted by Gasteiger charge is -2.12. The van der Waals surface area contributed by atoms with Gasteiger partial charge in [-0.2, -0.15) is 0 Å². The van der Waals surface area contributed by atoms with Gasteiger partial charge >= 0.3 is 0 Å². The number of hydrogen-bond acceptors (Lipinski definition) is 5. The summed E-state index contributed by atoms with van der Waals surface area (Å²) in [6.07, 6.45) is 1.41. The van der Waals surface area contributed by atoms with Gasteiger partial charge in [0.2, 0.25) is 0 Å². The highest BCUT2D eigenvalue weighted by Crippen LogP contribution is 2.27. The predicted octanol–water partition coefficient (Wildman–Crippen LogP) is 3.57. The number of aromatic nitrogens is 2. The molecule has 114 valence electrons. The highest BCUT2D eigenvalue weighted by atomic mass is 16.3. The van der Waals surface area contributed by atoms with Crippen LogP contribution in [-0.4, -0.2) is 20.8 Å². The van der Waals surface area contributed by atoms with E-state index < -0.39 is 0 Å². The van der Waals surface area contributed by atoms with Gasteiger partial charge in [-0.15, -0.1) is 0 Å². The van der Waals surface area contributed by atoms with E-state index in [1.54, 1.807) is 13.0 Å². The fraction of sp³-hybridized carbons (Fsp3) is 0.0556. The molecule has 0 aliphatic heterocycles. The Morgan fingerprint density at radius 2 is 1.78 bits per heavy atom. The van der Waals surface area contributed by atoms with Crippen LogP contribution >= 0.6 is 0 Å². The van der Waals surface area contributed by atoms with E-state index in [0.29, 0.717) is 22.3 Å². The number of anilines is 1. The first-order chi connectivity index (χ1) is 11.1. The molecule has 0 radical (unpaired) electrons. The van der Waals surface area contributed by atoms with E-state index in [-0.39, 0.29) is 11.5 Å². The second-order valence-electron chi connectivity index (χ2n) is 5.19. The summed E-state index contributed by atoms with van der Waals surface area (Å²) in [6.45, 7) is 1.57. The van der Waals surface area contributed by atoms with Crippen molar-refractivity contribution in [1.82, 2.24) is 9.97 Å². The van der Waals surface area contributed by atoms with E-state index in [2.05, 4.69) is 9.97 Å². The summed E-state index contributed by atoms with van der Waals surface area (Å²) in [5.41, 5.74) is 8.77. The van der Waals surface area contributed by atoms with Crippen LogP contribution in [0.15, 0.2) is 60.6 Å². The number of allylic oxidation sites excluding steroid dienone is 2. The molecule has 0 saturated heterocycles. The van der Waals surface area contributed by atoms with Gasteiger partial charge in [-0.1, -0.05) is 36.4 Å². The Hall–Kier alpha value is -3.21. The largest absolute Gasteiger partial charge is 0.512 e. The van der Waals surface area contributed by atoms with Crippen molar-refractivity contribution in [3.8, 4) is 0 Å². The summed E-state index contributed by atoms with van der Waals surface area (Å²) in [5, 5.41) is 19.2. The molecule has 0 amide bonds. The summed E-state index contributed by atoms with van der Waals surface area (Å²) in [7, 11) is 0. The van der Waals surface area contributed by atoms with Crippen LogP contribution in [0.25, 0.3) is 16.5 Å². The minimum atomic E-state index is 0.0774. The molecular formula is C18H16N4O. The third-order valence-electron chi connectivity index (χ3n) is 3.63. The summed E-state index contributed by atoms with van der Waals surface area (Å²) in [6, 6.07) is 14.7. The zero-order valence-electron chi connectivity index (χ0n) is 12.6. The average molecular weight is 304 g/mol. The molecule has 0 fully saturated rings. The zero-order chi connectivity index (χ0) is 16.4. The minimum absolute atomic E-state index is 0.0774. The first-order valence-corrected chi connectivity index (χ1v) is 7.12. The van der Waals surface area contributed by atoms with Crippen molar-refractivity contribution in [1.29, 1.82) is 5.41 Å². The van der Waals surface area contributed by atoms with E-state index in [4.69, 9.17) is 11.1 Å². The molecule has 1 heterocycles. The maximum absolute atomic E-state index is 10.1. The smallest absolute Gasteiger partial charge is 0.134 e. The molecule has 0 spiro atoms. The molecule has 1 aromatic heterocycles. The molecule has 2 aromatic carbocycles. The van der Waals surface area contributed by atoms with Crippen LogP contribution in [0, 0.1) is 5.41 Å². The summed E-state index contributed by atoms with van der Waals surface area (Å²) < 4.78 is 0. The number of nitrogens with two attached hydrogens (primary N) is 1. The number of nitrogen functional groups attached to an aromatic ring is 1. The Morgan fingerprint density at radius 1 is 1.04 bits per heavy atom. The maximum atomic E-state index is 10.1. The number of benzene rings is 2. The average Bonchev–Trinajstić information content (AvgIpc) is 2.56. The van der Waals surface area contributed by atoms with Gasteiger partial charge in [-0.3, -0.25) is 5.41 Å². The van der Waals surface area contributed by atoms with E-state index >= 15 is 0 Å². The minimum Gasteiger partial charge on any atom is -0.512 e. The topological polar surface area (TPSA) is 95.9 Å². The molecule has 3 aromatic rings. The zero-order valence-corrected chi connectivity index (χ0v) is 12.6. The lowest BCUT2D eigenvalue weighted by atomic mass is 9.94. The third-order valence-corrected chi connectivity index (χ3v) is 3.63. The van der Waals surface area contributed by atoms with Gasteiger partial charge < -0.3 is 10.8 Å². The molecular weight excluding hydrogens is 288 g/mol. The number of nitrogens with zero attached hydrogens (tertiary/aromatic N) is 2. The van der Waals surface area contributed by atoms with Crippen LogP contribution in [0.1, 0.15) is 18.1 Å². The van der Waals surface area contributed by atoms with Gasteiger partial charge in [0.25, 0.3) is 0 Å². The van der Waals surface area contributed by atoms with E-state index in [9.17, 15) is 5.11 Å². The van der Waals surface area contributed by atoms with Crippen molar-refractivity contribution in [3.63, 3.8) is 0 Å². The van der Waals surface area contributed by atoms with Crippen molar-refractivity contribution in [2.24, 2.45) is 0 Å². The van der Waals surface area contributed by atoms with Crippen LogP contribution in [0.5, 0.6) is 0 Å². The highest BCUT2D eigenvalue weighted by molar-refractivity contribution is 6.31. The molecule has 23 heavy (non-hydrogen) atoms. The Labute approximate surface area is 133 Å². The Morgan fingerprint density at radius 3 is 2.48 bits per heavy atom. The summed E-state index contributed by atoms with van der Waals surface area (Å²) in [5.74, 6) is 0.451. The van der Waals surface area contributed by atoms with Crippen molar-refractivity contribution >= 4 is 28.0 Å². The Bertz CT molecular complexity index is 913. The van der Waals surface area contributed by atoms with Crippen LogP contribution in [0.4, 0.5) is 5.82 Å². The van der Waals surface area contributed by atoms with Gasteiger partial charge in [0.05, 0.1) is 17.0 Å². The lowest BCUT2D eigenvalue weighted by molar-refractivity contribution is 0.418. The first kappa shape index (κ1) is 14.7. The van der Waals surface area contributed by atoms with Crippen LogP contribution in [-0.2, 0) is 0 Å². The van der Waals surface area contributed by atoms with Gasteiger partial charge in [0.15, 0.2) is 0 Å². The molecule has 0 unspecified atom stereocenters. The number of fused-ring (bicyclic) bond motifs is 1. The first-order valence-electron chi connectivity index (χ1n) is 7.12. The molecule has 4 N–H and O–H groups in total. The lowest BCUT2D eigenvalue weighted by Crippen LogP contribution is -2.05. The van der Waals surface area contributed by atoms with Gasteiger partial charge in [-0.25, -0.2) is 9.97 Å². The SMILES string of the molecule is C/C(O)=C(/C(=N)c1ccccc1)c1ccc2ncnc(N)c2c1. The second-order valence-corrected chi connectivity index (χ2v) is 5.19. The molecule has 5 nitrogen and oxygen atoms in total. The van der Waals surface area contributed by atoms with E-state index in [0.717, 1.165) is 11.1 Å². The molecule has 0 bridgehead atoms. The van der Waals surface area contributed by atoms with E-state index in [1.165, 1.54) is 6.33 Å². The van der Waals surface area contributed by atoms with Crippen LogP contribution in [0.3, 0.4) is 0 Å². The number of nitrogens with one attached hydrogen (secondary N) is 1. The number of aliphatic hydroxyl groups is 1. The van der Waals surface area contributed by atoms with Gasteiger partial charge in [0.1, 0.15) is 12.1 Å². The standard InChI is InChI=1S/C18H16N4O/c1-11(23)16(17(19)12-5-3-2-4-6-12)13-7-8-15-14(9-13)18(20)22-10-21-15/h2-10,19,23H,1H3,(H2,20,21,22)/b16-11-,19-17?. The molecule has 5 heteroatoms. The predicted molar refractivity (Wildman–Crippen MR) is 92.4 cm³/mol. The Kier molecular flexibility index (Phi) is 3.76. The fourth-order valence-electron chi connectivity index (χ4n) is 2.52. The van der Waals surface area contributed by atoms with Crippen LogP contribution in [0.2, 0.25) is 0 Å². The molecule has 0 atom stereocenters. The monoisotopic (exact) mass is 304 g/mol. The normalized spacial score (nSPS) is 12.0. The fourth-order valence-corrected chi connectivity index (χ4v) is 2.52. The van der Waals surface area contributed by atoms with Crippen molar-refractivity contribution < 1.29 is 5.11 Å². The summed E-state index contributed by atoms with van der Waals surface area (Å²) >= 11 is 0. The third kappa shape index (κ3) is 2.76. The Balaban J connectivity index is 2.15. The van der Waals surface area contributed by atoms with Crippen LogP contribution < -0.4 is 5.73 Å². The molecule has 0 aliphatic carbocycles. The highest BCUT2D eigenvalue weighted by Gasteiger charge is 2.15. The molecule has 0 saturated carbocycles. The summed E-state index contributed by atoms with van der Waals surface area (Å²) in [4.78, 5) is 8.16. The van der Waals surface area contributed by atoms with Crippen molar-refractivity contribution in [3.05, 3.63) is 71.7 Å².